The number of rotatable bonds is 6. The van der Waals surface area contributed by atoms with Gasteiger partial charge in [-0.2, -0.15) is 0 Å². The molecule has 0 bridgehead atoms. The number of nitrogens with zero attached hydrogens (tertiary/aromatic N) is 1. The predicted molar refractivity (Wildman–Crippen MR) is 104 cm³/mol. The second-order valence-electron chi connectivity index (χ2n) is 6.80. The zero-order valence-corrected chi connectivity index (χ0v) is 15.7. The van der Waals surface area contributed by atoms with Gasteiger partial charge in [0, 0.05) is 25.6 Å². The molecule has 2 N–H and O–H groups in total. The Kier molecular flexibility index (Phi) is 6.48. The number of nitrogens with one attached hydrogen (secondary N) is 1. The third-order valence-electron chi connectivity index (χ3n) is 4.90. The molecule has 1 aliphatic heterocycles. The predicted octanol–water partition coefficient (Wildman–Crippen LogP) is 3.04. The molecule has 3 rings (SSSR count). The molecule has 1 heterocycles. The lowest BCUT2D eigenvalue weighted by Gasteiger charge is -2.23. The molecule has 142 valence electrons. The van der Waals surface area contributed by atoms with Crippen LogP contribution in [0.1, 0.15) is 34.8 Å². The van der Waals surface area contributed by atoms with Gasteiger partial charge in [0.2, 0.25) is 5.91 Å². The summed E-state index contributed by atoms with van der Waals surface area (Å²) in [5, 5.41) is 12.6. The van der Waals surface area contributed by atoms with Crippen LogP contribution in [0.25, 0.3) is 0 Å². The number of carbonyl (C=O) groups is 2. The highest BCUT2D eigenvalue weighted by atomic mass is 35.5. The number of carbonyl (C=O) groups excluding carboxylic acids is 2. The molecule has 1 aliphatic rings. The molecule has 6 heteroatoms. The summed E-state index contributed by atoms with van der Waals surface area (Å²) in [7, 11) is 0. The normalized spacial score (nSPS) is 17.6. The monoisotopic (exact) mass is 386 g/mol. The summed E-state index contributed by atoms with van der Waals surface area (Å²) < 4.78 is 0. The Morgan fingerprint density at radius 3 is 2.52 bits per heavy atom. The van der Waals surface area contributed by atoms with E-state index in [-0.39, 0.29) is 30.8 Å². The van der Waals surface area contributed by atoms with Gasteiger partial charge < -0.3 is 15.3 Å². The summed E-state index contributed by atoms with van der Waals surface area (Å²) in [5.41, 5.74) is 1.25. The zero-order chi connectivity index (χ0) is 19.2. The van der Waals surface area contributed by atoms with Crippen molar-refractivity contribution >= 4 is 23.4 Å². The van der Waals surface area contributed by atoms with Gasteiger partial charge in [-0.1, -0.05) is 54.1 Å². The zero-order valence-electron chi connectivity index (χ0n) is 15.0. The van der Waals surface area contributed by atoms with Crippen LogP contribution in [-0.2, 0) is 4.79 Å². The van der Waals surface area contributed by atoms with E-state index in [0.29, 0.717) is 23.7 Å². The number of aliphatic hydroxyl groups excluding tert-OH is 1. The van der Waals surface area contributed by atoms with E-state index in [4.69, 9.17) is 11.6 Å². The fourth-order valence-corrected chi connectivity index (χ4v) is 3.55. The van der Waals surface area contributed by atoms with Crippen molar-refractivity contribution in [2.24, 2.45) is 5.92 Å². The maximum atomic E-state index is 12.7. The number of amides is 2. The van der Waals surface area contributed by atoms with E-state index in [1.54, 1.807) is 29.2 Å². The Labute approximate surface area is 163 Å². The van der Waals surface area contributed by atoms with Crippen molar-refractivity contribution in [2.75, 3.05) is 19.7 Å². The van der Waals surface area contributed by atoms with Crippen molar-refractivity contribution in [2.45, 2.75) is 18.9 Å². The molecule has 2 atom stereocenters. The first-order valence-electron chi connectivity index (χ1n) is 9.07. The summed E-state index contributed by atoms with van der Waals surface area (Å²) >= 11 is 6.13. The first-order valence-corrected chi connectivity index (χ1v) is 9.45. The highest BCUT2D eigenvalue weighted by Gasteiger charge is 2.28. The first kappa shape index (κ1) is 19.4. The van der Waals surface area contributed by atoms with Crippen LogP contribution in [0.4, 0.5) is 0 Å². The lowest BCUT2D eigenvalue weighted by Crippen LogP contribution is -2.35. The Balaban J connectivity index is 1.75. The highest BCUT2D eigenvalue weighted by molar-refractivity contribution is 6.33. The van der Waals surface area contributed by atoms with Crippen LogP contribution in [-0.4, -0.2) is 41.5 Å². The number of hydrogen-bond acceptors (Lipinski definition) is 3. The fraction of sp³-hybridized carbons (Fsp3) is 0.333. The highest BCUT2D eigenvalue weighted by Crippen LogP contribution is 2.23. The molecule has 2 amide bonds. The minimum absolute atomic E-state index is 0.0285. The third-order valence-corrected chi connectivity index (χ3v) is 5.23. The van der Waals surface area contributed by atoms with Crippen LogP contribution in [0.3, 0.4) is 0 Å². The molecule has 2 aromatic carbocycles. The SMILES string of the molecule is O=C(N[C@H](CC(=O)N1CC[C@@H](CO)C1)c1ccccc1)c1ccccc1Cl. The van der Waals surface area contributed by atoms with Crippen molar-refractivity contribution in [3.05, 3.63) is 70.7 Å². The molecule has 5 nitrogen and oxygen atoms in total. The average molecular weight is 387 g/mol. The van der Waals surface area contributed by atoms with Crippen LogP contribution in [0, 0.1) is 5.92 Å². The molecule has 0 aromatic heterocycles. The van der Waals surface area contributed by atoms with E-state index in [9.17, 15) is 14.7 Å². The summed E-state index contributed by atoms with van der Waals surface area (Å²) in [6.45, 7) is 1.30. The van der Waals surface area contributed by atoms with Crippen LogP contribution >= 0.6 is 11.6 Å². The van der Waals surface area contributed by atoms with Gasteiger partial charge in [-0.3, -0.25) is 9.59 Å². The van der Waals surface area contributed by atoms with E-state index < -0.39 is 6.04 Å². The molecule has 2 aromatic rings. The van der Waals surface area contributed by atoms with Crippen molar-refractivity contribution in [1.29, 1.82) is 0 Å². The van der Waals surface area contributed by atoms with Gasteiger partial charge in [-0.25, -0.2) is 0 Å². The molecule has 27 heavy (non-hydrogen) atoms. The Bertz CT molecular complexity index is 797. The van der Waals surface area contributed by atoms with Crippen LogP contribution < -0.4 is 5.32 Å². The largest absolute Gasteiger partial charge is 0.396 e. The maximum Gasteiger partial charge on any atom is 0.253 e. The molecule has 1 fully saturated rings. The van der Waals surface area contributed by atoms with Crippen LogP contribution in [0.15, 0.2) is 54.6 Å². The van der Waals surface area contributed by atoms with Gasteiger partial charge in [0.15, 0.2) is 0 Å². The number of benzene rings is 2. The van der Waals surface area contributed by atoms with E-state index in [2.05, 4.69) is 5.32 Å². The standard InChI is InChI=1S/C21H23ClN2O3/c22-18-9-5-4-8-17(18)21(27)23-19(16-6-2-1-3-7-16)12-20(26)24-11-10-15(13-24)14-25/h1-9,15,19,25H,10-14H2,(H,23,27)/t15-,19-/m1/s1. The molecule has 0 unspecified atom stereocenters. The molecule has 0 spiro atoms. The number of hydrogen-bond donors (Lipinski definition) is 2. The molecule has 0 radical (unpaired) electrons. The van der Waals surface area contributed by atoms with Crippen molar-refractivity contribution < 1.29 is 14.7 Å². The lowest BCUT2D eigenvalue weighted by molar-refractivity contribution is -0.130. The number of halogens is 1. The third kappa shape index (κ3) is 4.87. The number of likely N-dealkylation sites (tertiary alicyclic amines) is 1. The van der Waals surface area contributed by atoms with Gasteiger partial charge in [-0.15, -0.1) is 0 Å². The Morgan fingerprint density at radius 1 is 1.15 bits per heavy atom. The summed E-state index contributed by atoms with van der Waals surface area (Å²) in [6, 6.07) is 15.8. The topological polar surface area (TPSA) is 69.6 Å². The van der Waals surface area contributed by atoms with Crippen molar-refractivity contribution in [3.8, 4) is 0 Å². The molecule has 1 saturated heterocycles. The van der Waals surface area contributed by atoms with Gasteiger partial charge in [0.1, 0.15) is 0 Å². The summed E-state index contributed by atoms with van der Waals surface area (Å²) in [5.74, 6) is -0.196. The quantitative estimate of drug-likeness (QED) is 0.801. The smallest absolute Gasteiger partial charge is 0.253 e. The van der Waals surface area contributed by atoms with E-state index >= 15 is 0 Å². The van der Waals surface area contributed by atoms with Gasteiger partial charge in [0.05, 0.1) is 23.0 Å². The van der Waals surface area contributed by atoms with E-state index in [1.807, 2.05) is 30.3 Å². The minimum atomic E-state index is -0.448. The van der Waals surface area contributed by atoms with Gasteiger partial charge in [-0.05, 0) is 24.1 Å². The summed E-state index contributed by atoms with van der Waals surface area (Å²) in [6.07, 6.45) is 0.975. The molecule has 0 aliphatic carbocycles. The Hall–Kier alpha value is -2.37. The van der Waals surface area contributed by atoms with E-state index in [1.165, 1.54) is 0 Å². The molecular formula is C21H23ClN2O3. The fourth-order valence-electron chi connectivity index (χ4n) is 3.33. The maximum absolute atomic E-state index is 12.7. The number of aliphatic hydroxyl groups is 1. The lowest BCUT2D eigenvalue weighted by atomic mass is 10.0. The van der Waals surface area contributed by atoms with Crippen molar-refractivity contribution in [1.82, 2.24) is 10.2 Å². The van der Waals surface area contributed by atoms with E-state index in [0.717, 1.165) is 12.0 Å². The summed E-state index contributed by atoms with van der Waals surface area (Å²) in [4.78, 5) is 27.2. The van der Waals surface area contributed by atoms with Gasteiger partial charge in [0.25, 0.3) is 5.91 Å². The second kappa shape index (κ2) is 9.02. The minimum Gasteiger partial charge on any atom is -0.396 e. The van der Waals surface area contributed by atoms with Crippen LogP contribution in [0.5, 0.6) is 0 Å². The van der Waals surface area contributed by atoms with Crippen molar-refractivity contribution in [3.63, 3.8) is 0 Å². The second-order valence-corrected chi connectivity index (χ2v) is 7.20. The average Bonchev–Trinajstić information content (AvgIpc) is 3.18. The Morgan fingerprint density at radius 2 is 1.85 bits per heavy atom. The van der Waals surface area contributed by atoms with Crippen LogP contribution in [0.2, 0.25) is 5.02 Å². The van der Waals surface area contributed by atoms with Gasteiger partial charge >= 0.3 is 0 Å². The molecule has 0 saturated carbocycles. The first-order chi connectivity index (χ1) is 13.1. The molecular weight excluding hydrogens is 364 g/mol.